The van der Waals surface area contributed by atoms with Gasteiger partial charge in [-0.05, 0) is 33.6 Å². The number of likely N-dealkylation sites (tertiary alicyclic amines) is 1. The van der Waals surface area contributed by atoms with Crippen LogP contribution in [-0.2, 0) is 16.1 Å². The molecule has 0 radical (unpaired) electrons. The van der Waals surface area contributed by atoms with Gasteiger partial charge in [-0.1, -0.05) is 0 Å². The molecule has 1 aromatic rings. The lowest BCUT2D eigenvalue weighted by atomic mass is 10.1. The highest BCUT2D eigenvalue weighted by atomic mass is 16.2. The van der Waals surface area contributed by atoms with E-state index in [9.17, 15) is 14.4 Å². The molecular weight excluding hydrogens is 334 g/mol. The Bertz CT molecular complexity index is 721. The maximum atomic E-state index is 12.9. The van der Waals surface area contributed by atoms with Crippen molar-refractivity contribution < 1.29 is 14.4 Å². The minimum absolute atomic E-state index is 0.0286. The number of ketones is 1. The van der Waals surface area contributed by atoms with Crippen molar-refractivity contribution in [2.24, 2.45) is 0 Å². The van der Waals surface area contributed by atoms with Crippen molar-refractivity contribution in [2.45, 2.75) is 46.2 Å². The minimum atomic E-state index is -0.460. The molecule has 0 unspecified atom stereocenters. The van der Waals surface area contributed by atoms with E-state index in [2.05, 4.69) is 10.4 Å². The maximum absolute atomic E-state index is 12.9. The number of hydrogen-bond donors (Lipinski definition) is 1. The summed E-state index contributed by atoms with van der Waals surface area (Å²) in [4.78, 5) is 41.0. The van der Waals surface area contributed by atoms with Crippen LogP contribution >= 0.6 is 0 Å². The molecule has 2 saturated heterocycles. The molecule has 0 spiro atoms. The Morgan fingerprint density at radius 1 is 1.15 bits per heavy atom. The molecule has 0 aromatic carbocycles. The number of nitrogens with zero attached hydrogens (tertiary/aromatic N) is 4. The Kier molecular flexibility index (Phi) is 5.41. The standard InChI is InChI=1S/C18H27N5O3/c1-12-17(14(3)24)13(2)23(20-12)11-16(25)22-9-6-19-10-15(22)18(26)21-7-4-5-8-21/h15,19H,4-11H2,1-3H3/t15-/m1/s1. The lowest BCUT2D eigenvalue weighted by molar-refractivity contribution is -0.146. The van der Waals surface area contributed by atoms with E-state index in [-0.39, 0.29) is 24.1 Å². The highest BCUT2D eigenvalue weighted by Crippen LogP contribution is 2.16. The third-order valence-corrected chi connectivity index (χ3v) is 5.29. The van der Waals surface area contributed by atoms with Gasteiger partial charge in [-0.2, -0.15) is 5.10 Å². The number of rotatable bonds is 4. The van der Waals surface area contributed by atoms with E-state index in [0.29, 0.717) is 36.6 Å². The first-order chi connectivity index (χ1) is 12.4. The fraction of sp³-hybridized carbons (Fsp3) is 0.667. The fourth-order valence-corrected chi connectivity index (χ4v) is 3.95. The molecule has 3 heterocycles. The average molecular weight is 361 g/mol. The van der Waals surface area contributed by atoms with Crippen LogP contribution in [-0.4, -0.2) is 75.9 Å². The molecule has 1 aromatic heterocycles. The van der Waals surface area contributed by atoms with E-state index in [4.69, 9.17) is 0 Å². The van der Waals surface area contributed by atoms with Gasteiger partial charge in [0.15, 0.2) is 5.78 Å². The third-order valence-electron chi connectivity index (χ3n) is 5.29. The minimum Gasteiger partial charge on any atom is -0.341 e. The van der Waals surface area contributed by atoms with Crippen molar-refractivity contribution in [3.8, 4) is 0 Å². The fourth-order valence-electron chi connectivity index (χ4n) is 3.95. The zero-order valence-electron chi connectivity index (χ0n) is 15.7. The third kappa shape index (κ3) is 3.51. The number of aryl methyl sites for hydroxylation is 1. The molecular formula is C18H27N5O3. The van der Waals surface area contributed by atoms with Gasteiger partial charge in [0.2, 0.25) is 11.8 Å². The monoisotopic (exact) mass is 361 g/mol. The van der Waals surface area contributed by atoms with Crippen LogP contribution in [0.25, 0.3) is 0 Å². The van der Waals surface area contributed by atoms with Crippen LogP contribution in [0.15, 0.2) is 0 Å². The molecule has 142 valence electrons. The summed E-state index contributed by atoms with van der Waals surface area (Å²) in [5, 5.41) is 7.57. The zero-order valence-corrected chi connectivity index (χ0v) is 15.7. The molecule has 2 aliphatic heterocycles. The molecule has 1 N–H and O–H groups in total. The summed E-state index contributed by atoms with van der Waals surface area (Å²) in [7, 11) is 0. The lowest BCUT2D eigenvalue weighted by Gasteiger charge is -2.37. The molecule has 8 heteroatoms. The number of Topliss-reactive ketones (excluding diaryl/α,β-unsaturated/α-hetero) is 1. The summed E-state index contributed by atoms with van der Waals surface area (Å²) in [6, 6.07) is -0.460. The van der Waals surface area contributed by atoms with Gasteiger partial charge in [-0.25, -0.2) is 0 Å². The van der Waals surface area contributed by atoms with Crippen molar-refractivity contribution in [2.75, 3.05) is 32.7 Å². The predicted molar refractivity (Wildman–Crippen MR) is 95.9 cm³/mol. The van der Waals surface area contributed by atoms with Gasteiger partial charge < -0.3 is 15.1 Å². The molecule has 0 saturated carbocycles. The van der Waals surface area contributed by atoms with Crippen molar-refractivity contribution in [3.05, 3.63) is 17.0 Å². The number of aromatic nitrogens is 2. The van der Waals surface area contributed by atoms with E-state index >= 15 is 0 Å². The van der Waals surface area contributed by atoms with Gasteiger partial charge in [0.05, 0.1) is 11.3 Å². The lowest BCUT2D eigenvalue weighted by Crippen LogP contribution is -2.60. The van der Waals surface area contributed by atoms with Crippen LogP contribution in [0.3, 0.4) is 0 Å². The van der Waals surface area contributed by atoms with Gasteiger partial charge in [-0.3, -0.25) is 19.1 Å². The average Bonchev–Trinajstić information content (AvgIpc) is 3.23. The molecule has 2 fully saturated rings. The number of piperazine rings is 1. The van der Waals surface area contributed by atoms with Gasteiger partial charge in [0, 0.05) is 38.4 Å². The van der Waals surface area contributed by atoms with E-state index in [1.807, 2.05) is 4.90 Å². The molecule has 0 bridgehead atoms. The molecule has 3 rings (SSSR count). The summed E-state index contributed by atoms with van der Waals surface area (Å²) in [5.41, 5.74) is 1.90. The Morgan fingerprint density at radius 2 is 1.85 bits per heavy atom. The van der Waals surface area contributed by atoms with Crippen LogP contribution in [0.1, 0.15) is 41.5 Å². The second-order valence-corrected chi connectivity index (χ2v) is 7.10. The molecule has 2 amide bonds. The number of carbonyl (C=O) groups excluding carboxylic acids is 3. The summed E-state index contributed by atoms with van der Waals surface area (Å²) in [6.07, 6.45) is 2.05. The van der Waals surface area contributed by atoms with Crippen molar-refractivity contribution >= 4 is 17.6 Å². The van der Waals surface area contributed by atoms with Crippen LogP contribution in [0.4, 0.5) is 0 Å². The zero-order chi connectivity index (χ0) is 18.8. The van der Waals surface area contributed by atoms with Crippen molar-refractivity contribution in [1.29, 1.82) is 0 Å². The Balaban J connectivity index is 1.76. The van der Waals surface area contributed by atoms with Crippen molar-refractivity contribution in [3.63, 3.8) is 0 Å². The summed E-state index contributed by atoms with van der Waals surface area (Å²) >= 11 is 0. The normalized spacial score (nSPS) is 20.5. The highest BCUT2D eigenvalue weighted by Gasteiger charge is 2.35. The predicted octanol–water partition coefficient (Wildman–Crippen LogP) is 0.125. The smallest absolute Gasteiger partial charge is 0.246 e. The van der Waals surface area contributed by atoms with Crippen LogP contribution in [0.2, 0.25) is 0 Å². The van der Waals surface area contributed by atoms with Gasteiger partial charge in [-0.15, -0.1) is 0 Å². The van der Waals surface area contributed by atoms with Gasteiger partial charge >= 0.3 is 0 Å². The number of nitrogens with one attached hydrogen (secondary N) is 1. The topological polar surface area (TPSA) is 87.5 Å². The first-order valence-corrected chi connectivity index (χ1v) is 9.24. The largest absolute Gasteiger partial charge is 0.341 e. The molecule has 0 aliphatic carbocycles. The Morgan fingerprint density at radius 3 is 2.46 bits per heavy atom. The number of carbonyl (C=O) groups is 3. The molecule has 2 aliphatic rings. The Labute approximate surface area is 153 Å². The van der Waals surface area contributed by atoms with E-state index < -0.39 is 6.04 Å². The number of hydrogen-bond acceptors (Lipinski definition) is 5. The van der Waals surface area contributed by atoms with Crippen LogP contribution in [0, 0.1) is 13.8 Å². The Hall–Kier alpha value is -2.22. The second-order valence-electron chi connectivity index (χ2n) is 7.10. The van der Waals surface area contributed by atoms with Gasteiger partial charge in [0.1, 0.15) is 12.6 Å². The maximum Gasteiger partial charge on any atom is 0.246 e. The molecule has 26 heavy (non-hydrogen) atoms. The highest BCUT2D eigenvalue weighted by molar-refractivity contribution is 5.96. The molecule has 1 atom stereocenters. The summed E-state index contributed by atoms with van der Waals surface area (Å²) in [6.45, 7) is 8.33. The first-order valence-electron chi connectivity index (χ1n) is 9.24. The van der Waals surface area contributed by atoms with Crippen LogP contribution in [0.5, 0.6) is 0 Å². The summed E-state index contributed by atoms with van der Waals surface area (Å²) in [5.74, 6) is -0.159. The van der Waals surface area contributed by atoms with Crippen molar-refractivity contribution in [1.82, 2.24) is 24.9 Å². The van der Waals surface area contributed by atoms with Gasteiger partial charge in [0.25, 0.3) is 0 Å². The number of amides is 2. The van der Waals surface area contributed by atoms with Crippen LogP contribution < -0.4 is 5.32 Å². The second kappa shape index (κ2) is 7.57. The van der Waals surface area contributed by atoms with E-state index in [1.54, 1.807) is 23.4 Å². The van der Waals surface area contributed by atoms with E-state index in [0.717, 1.165) is 25.9 Å². The summed E-state index contributed by atoms with van der Waals surface area (Å²) < 4.78 is 1.58. The van der Waals surface area contributed by atoms with E-state index in [1.165, 1.54) is 6.92 Å². The molecule has 8 nitrogen and oxygen atoms in total. The quantitative estimate of drug-likeness (QED) is 0.770. The SMILES string of the molecule is CC(=O)c1c(C)nn(CC(=O)N2CCNC[C@@H]2C(=O)N2CCCC2)c1C. The first kappa shape index (κ1) is 18.6.